The van der Waals surface area contributed by atoms with Crippen LogP contribution in [-0.4, -0.2) is 28.1 Å². The molecule has 1 aromatic heterocycles. The molecule has 2 aromatic carbocycles. The topological polar surface area (TPSA) is 67.2 Å². The zero-order valence-electron chi connectivity index (χ0n) is 16.1. The average molecular weight is 407 g/mol. The Kier molecular flexibility index (Phi) is 3.83. The Hall–Kier alpha value is -3.12. The number of carbonyl (C=O) groups is 2. The molecule has 29 heavy (non-hydrogen) atoms. The maximum atomic E-state index is 13.7. The van der Waals surface area contributed by atoms with E-state index in [0.717, 1.165) is 28.1 Å². The predicted molar refractivity (Wildman–Crippen MR) is 112 cm³/mol. The van der Waals surface area contributed by atoms with Crippen LogP contribution in [0, 0.1) is 6.92 Å². The van der Waals surface area contributed by atoms with E-state index in [2.05, 4.69) is 10.4 Å². The summed E-state index contributed by atoms with van der Waals surface area (Å²) in [6.07, 6.45) is 1.77. The first-order valence-electron chi connectivity index (χ1n) is 9.53. The van der Waals surface area contributed by atoms with Gasteiger partial charge in [-0.3, -0.25) is 9.59 Å². The van der Waals surface area contributed by atoms with E-state index in [4.69, 9.17) is 11.6 Å². The maximum absolute atomic E-state index is 13.7. The Morgan fingerprint density at radius 1 is 1.14 bits per heavy atom. The summed E-state index contributed by atoms with van der Waals surface area (Å²) >= 11 is 6.01. The first-order chi connectivity index (χ1) is 14.0. The van der Waals surface area contributed by atoms with Gasteiger partial charge in [-0.1, -0.05) is 29.8 Å². The number of fused-ring (bicyclic) bond motifs is 4. The van der Waals surface area contributed by atoms with Crippen molar-refractivity contribution in [2.45, 2.75) is 25.7 Å². The fourth-order valence-electron chi connectivity index (χ4n) is 4.61. The molecule has 2 aliphatic heterocycles. The van der Waals surface area contributed by atoms with Gasteiger partial charge >= 0.3 is 0 Å². The number of benzene rings is 2. The molecule has 0 fully saturated rings. The van der Waals surface area contributed by atoms with E-state index in [1.54, 1.807) is 27.9 Å². The summed E-state index contributed by atoms with van der Waals surface area (Å²) < 4.78 is 1.65. The third-order valence-corrected chi connectivity index (χ3v) is 6.13. The summed E-state index contributed by atoms with van der Waals surface area (Å²) in [5, 5.41) is 8.06. The molecular weight excluding hydrogens is 388 g/mol. The van der Waals surface area contributed by atoms with Crippen LogP contribution in [0.25, 0.3) is 5.69 Å². The molecular formula is C22H19ClN4O2. The molecule has 0 saturated heterocycles. The van der Waals surface area contributed by atoms with Gasteiger partial charge < -0.3 is 10.2 Å². The van der Waals surface area contributed by atoms with Gasteiger partial charge in [0.25, 0.3) is 0 Å². The van der Waals surface area contributed by atoms with Crippen molar-refractivity contribution in [3.8, 4) is 5.69 Å². The van der Waals surface area contributed by atoms with Gasteiger partial charge in [0.05, 0.1) is 17.6 Å². The highest BCUT2D eigenvalue weighted by Gasteiger charge is 2.57. The lowest BCUT2D eigenvalue weighted by Gasteiger charge is -2.32. The van der Waals surface area contributed by atoms with E-state index < -0.39 is 5.41 Å². The Bertz CT molecular complexity index is 1170. The summed E-state index contributed by atoms with van der Waals surface area (Å²) in [5.74, 6) is 0.255. The molecule has 0 saturated carbocycles. The van der Waals surface area contributed by atoms with Gasteiger partial charge in [0.1, 0.15) is 11.2 Å². The molecule has 2 aliphatic rings. The summed E-state index contributed by atoms with van der Waals surface area (Å²) in [4.78, 5) is 28.3. The van der Waals surface area contributed by atoms with Crippen LogP contribution in [-0.2, 0) is 15.0 Å². The average Bonchev–Trinajstić information content (AvgIpc) is 3.22. The molecule has 0 radical (unpaired) electrons. The fourth-order valence-corrected chi connectivity index (χ4v) is 4.74. The maximum Gasteiger partial charge on any atom is 0.242 e. The number of aryl methyl sites for hydroxylation is 1. The molecule has 2 amide bonds. The lowest BCUT2D eigenvalue weighted by molar-refractivity contribution is -0.126. The largest absolute Gasteiger partial charge is 0.311 e. The first-order valence-corrected chi connectivity index (χ1v) is 9.91. The van der Waals surface area contributed by atoms with Crippen molar-refractivity contribution in [2.24, 2.45) is 0 Å². The van der Waals surface area contributed by atoms with Gasteiger partial charge in [-0.25, -0.2) is 4.68 Å². The van der Waals surface area contributed by atoms with Crippen LogP contribution in [0.5, 0.6) is 0 Å². The zero-order chi connectivity index (χ0) is 20.3. The second-order valence-electron chi connectivity index (χ2n) is 7.45. The molecule has 3 heterocycles. The minimum Gasteiger partial charge on any atom is -0.311 e. The molecule has 3 aromatic rings. The minimum absolute atomic E-state index is 0.0676. The van der Waals surface area contributed by atoms with E-state index in [9.17, 15) is 9.59 Å². The number of likely N-dealkylation sites (N-methyl/N-ethyl adjacent to an activating group) is 1. The Morgan fingerprint density at radius 2 is 1.90 bits per heavy atom. The van der Waals surface area contributed by atoms with Crippen molar-refractivity contribution >= 4 is 34.9 Å². The highest BCUT2D eigenvalue weighted by Crippen LogP contribution is 2.53. The molecule has 5 rings (SSSR count). The van der Waals surface area contributed by atoms with E-state index in [1.807, 2.05) is 44.2 Å². The highest BCUT2D eigenvalue weighted by atomic mass is 35.5. The van der Waals surface area contributed by atoms with Gasteiger partial charge in [0.2, 0.25) is 11.8 Å². The second kappa shape index (κ2) is 6.19. The van der Waals surface area contributed by atoms with E-state index >= 15 is 0 Å². The lowest BCUT2D eigenvalue weighted by atomic mass is 9.71. The number of hydrogen-bond donors (Lipinski definition) is 1. The van der Waals surface area contributed by atoms with Crippen LogP contribution in [0.1, 0.15) is 30.0 Å². The summed E-state index contributed by atoms with van der Waals surface area (Å²) in [7, 11) is 0. The number of nitrogens with zero attached hydrogens (tertiary/aromatic N) is 3. The number of hydrogen-bond acceptors (Lipinski definition) is 3. The van der Waals surface area contributed by atoms with E-state index in [0.29, 0.717) is 17.4 Å². The van der Waals surface area contributed by atoms with Gasteiger partial charge in [0.15, 0.2) is 0 Å². The number of aromatic nitrogens is 2. The third-order valence-electron chi connectivity index (χ3n) is 5.88. The quantitative estimate of drug-likeness (QED) is 0.703. The first kappa shape index (κ1) is 17.9. The number of halogens is 1. The highest BCUT2D eigenvalue weighted by molar-refractivity contribution is 6.30. The van der Waals surface area contributed by atoms with Crippen molar-refractivity contribution < 1.29 is 9.59 Å². The van der Waals surface area contributed by atoms with Crippen LogP contribution in [0.4, 0.5) is 11.5 Å². The van der Waals surface area contributed by atoms with Crippen LogP contribution in [0.2, 0.25) is 5.02 Å². The molecule has 146 valence electrons. The van der Waals surface area contributed by atoms with Gasteiger partial charge in [-0.2, -0.15) is 5.10 Å². The van der Waals surface area contributed by atoms with Crippen molar-refractivity contribution in [2.75, 3.05) is 16.8 Å². The number of anilines is 2. The third kappa shape index (κ3) is 2.32. The van der Waals surface area contributed by atoms with Gasteiger partial charge in [-0.05, 0) is 49.2 Å². The fraction of sp³-hybridized carbons (Fsp3) is 0.227. The number of rotatable bonds is 2. The summed E-state index contributed by atoms with van der Waals surface area (Å²) in [5.41, 5.74) is 3.22. The van der Waals surface area contributed by atoms with Gasteiger partial charge in [-0.15, -0.1) is 0 Å². The van der Waals surface area contributed by atoms with Gasteiger partial charge in [0, 0.05) is 23.6 Å². The molecule has 1 N–H and O–H groups in total. The van der Waals surface area contributed by atoms with Crippen molar-refractivity contribution in [3.63, 3.8) is 0 Å². The van der Waals surface area contributed by atoms with Crippen molar-refractivity contribution in [1.82, 2.24) is 9.78 Å². The van der Waals surface area contributed by atoms with Crippen LogP contribution >= 0.6 is 11.6 Å². The molecule has 0 bridgehead atoms. The Balaban J connectivity index is 1.78. The molecule has 6 nitrogen and oxygen atoms in total. The van der Waals surface area contributed by atoms with E-state index in [-0.39, 0.29) is 18.2 Å². The van der Waals surface area contributed by atoms with Crippen LogP contribution in [0.3, 0.4) is 0 Å². The van der Waals surface area contributed by atoms with E-state index in [1.165, 1.54) is 0 Å². The molecule has 1 spiro atoms. The monoisotopic (exact) mass is 406 g/mol. The smallest absolute Gasteiger partial charge is 0.242 e. The van der Waals surface area contributed by atoms with Crippen molar-refractivity contribution in [3.05, 3.63) is 70.4 Å². The normalized spacial score (nSPS) is 20.0. The number of nitrogens with one attached hydrogen (secondary N) is 1. The minimum atomic E-state index is -1.06. The Labute approximate surface area is 173 Å². The number of carbonyl (C=O) groups excluding carboxylic acids is 2. The van der Waals surface area contributed by atoms with Crippen molar-refractivity contribution in [1.29, 1.82) is 0 Å². The summed E-state index contributed by atoms with van der Waals surface area (Å²) in [6, 6.07) is 13.1. The Morgan fingerprint density at radius 3 is 2.62 bits per heavy atom. The molecule has 7 heteroatoms. The zero-order valence-corrected chi connectivity index (χ0v) is 16.8. The number of amides is 2. The predicted octanol–water partition coefficient (Wildman–Crippen LogP) is 3.83. The summed E-state index contributed by atoms with van der Waals surface area (Å²) in [6.45, 7) is 4.49. The standard InChI is InChI=1S/C22H19ClN4O2/c1-3-26-19-13(2)5-4-6-16(19)22(21(26)29)11-18(28)25-20-17(22)12-24-27(20)15-9-7-14(23)8-10-15/h4-10,12H,3,11H2,1-2H3,(H,25,28)/t22-/m1/s1. The second-order valence-corrected chi connectivity index (χ2v) is 7.88. The SMILES string of the molecule is CCN1C(=O)[C@]2(CC(=O)Nc3c2cnn3-c2ccc(Cl)cc2)c2cccc(C)c21. The lowest BCUT2D eigenvalue weighted by Crippen LogP contribution is -2.46. The molecule has 0 aliphatic carbocycles. The molecule has 1 atom stereocenters. The molecule has 0 unspecified atom stereocenters. The number of para-hydroxylation sites is 1. The van der Waals surface area contributed by atoms with Crippen LogP contribution < -0.4 is 10.2 Å². The van der Waals surface area contributed by atoms with Crippen LogP contribution in [0.15, 0.2) is 48.7 Å².